The highest BCUT2D eigenvalue weighted by Crippen LogP contribution is 2.54. The quantitative estimate of drug-likeness (QED) is 0.194. The first-order valence-corrected chi connectivity index (χ1v) is 16.2. The van der Waals surface area contributed by atoms with Crippen LogP contribution in [0.15, 0.2) is 54.1 Å². The number of hydrogen-bond acceptors (Lipinski definition) is 5. The topological polar surface area (TPSA) is 112 Å². The average Bonchev–Trinajstić information content (AvgIpc) is 3.75. The minimum Gasteiger partial charge on any atom is -0.496 e. The standard InChI is InChI=1S/C36H36F4N4O4/c1-48-30-10-4-21(5-11-31(45)44-14-12-22(19-41)13-15-44)17-27(30)34(46)43-33-25-8-7-24(26(25)16-20-2-3-20)32(33)35(47)42-23-6-9-29(37)28(18-23)36(38,39)40/h4-6,9-11,16-18,20,22,24-25,32-33H,2-3,7-8,12-15H2,1H3,(H,42,47)(H,43,46)/b11-5+,26-16-/t24-,25+,32-,33+/m0/s1. The Morgan fingerprint density at radius 3 is 2.40 bits per heavy atom. The van der Waals surface area contributed by atoms with E-state index in [1.54, 1.807) is 29.2 Å². The van der Waals surface area contributed by atoms with Gasteiger partial charge in [-0.2, -0.15) is 18.4 Å². The number of piperidine rings is 1. The number of methoxy groups -OCH3 is 1. The van der Waals surface area contributed by atoms with Gasteiger partial charge in [0.1, 0.15) is 11.6 Å². The maximum Gasteiger partial charge on any atom is 0.419 e. The lowest BCUT2D eigenvalue weighted by Gasteiger charge is -2.30. The zero-order valence-corrected chi connectivity index (χ0v) is 26.4. The lowest BCUT2D eigenvalue weighted by Crippen LogP contribution is -2.48. The number of allylic oxidation sites excluding steroid dienone is 1. The molecule has 2 aromatic carbocycles. The minimum atomic E-state index is -4.93. The predicted molar refractivity (Wildman–Crippen MR) is 169 cm³/mol. The van der Waals surface area contributed by atoms with E-state index in [1.165, 1.54) is 13.2 Å². The number of fused-ring (bicyclic) bond motifs is 2. The molecule has 1 heterocycles. The Morgan fingerprint density at radius 1 is 1.00 bits per heavy atom. The van der Waals surface area contributed by atoms with Crippen molar-refractivity contribution in [1.29, 1.82) is 5.26 Å². The van der Waals surface area contributed by atoms with E-state index >= 15 is 0 Å². The molecule has 12 heteroatoms. The molecule has 3 aliphatic carbocycles. The van der Waals surface area contributed by atoms with Gasteiger partial charge >= 0.3 is 6.18 Å². The van der Waals surface area contributed by atoms with Gasteiger partial charge in [0, 0.05) is 42.7 Å². The zero-order chi connectivity index (χ0) is 34.2. The summed E-state index contributed by atoms with van der Waals surface area (Å²) in [6, 6.07) is 8.89. The summed E-state index contributed by atoms with van der Waals surface area (Å²) in [5, 5.41) is 14.7. The van der Waals surface area contributed by atoms with Crippen LogP contribution in [0.5, 0.6) is 5.75 Å². The predicted octanol–water partition coefficient (Wildman–Crippen LogP) is 6.36. The Balaban J connectivity index is 1.22. The molecule has 4 atom stereocenters. The summed E-state index contributed by atoms with van der Waals surface area (Å²) in [4.78, 5) is 42.1. The number of hydrogen-bond donors (Lipinski definition) is 2. The van der Waals surface area contributed by atoms with Crippen molar-refractivity contribution in [3.63, 3.8) is 0 Å². The highest BCUT2D eigenvalue weighted by Gasteiger charge is 2.55. The SMILES string of the molecule is COc1ccc(/C=C/C(=O)N2CCC(C#N)CC2)cc1C(=O)N[C@H]1[C@@H](C(=O)Nc2ccc(F)c(C(F)(F)F)c2)[C@H]2CC[C@@H]1/C2=C\C1CC1. The van der Waals surface area contributed by atoms with Gasteiger partial charge < -0.3 is 20.3 Å². The van der Waals surface area contributed by atoms with E-state index in [0.717, 1.165) is 30.9 Å². The van der Waals surface area contributed by atoms with Gasteiger partial charge in [-0.15, -0.1) is 0 Å². The summed E-state index contributed by atoms with van der Waals surface area (Å²) >= 11 is 0. The van der Waals surface area contributed by atoms with Crippen molar-refractivity contribution >= 4 is 29.5 Å². The molecule has 2 N–H and O–H groups in total. The zero-order valence-electron chi connectivity index (χ0n) is 26.4. The first kappa shape index (κ1) is 33.2. The van der Waals surface area contributed by atoms with Gasteiger partial charge in [-0.25, -0.2) is 4.39 Å². The summed E-state index contributed by atoms with van der Waals surface area (Å²) in [5.74, 6) is -3.08. The van der Waals surface area contributed by atoms with Crippen molar-refractivity contribution in [1.82, 2.24) is 10.2 Å². The van der Waals surface area contributed by atoms with E-state index in [4.69, 9.17) is 10.00 Å². The van der Waals surface area contributed by atoms with E-state index in [-0.39, 0.29) is 34.9 Å². The molecule has 252 valence electrons. The smallest absolute Gasteiger partial charge is 0.419 e. The summed E-state index contributed by atoms with van der Waals surface area (Å²) in [5.41, 5.74) is 0.219. The normalized spacial score (nSPS) is 24.9. The highest BCUT2D eigenvalue weighted by molar-refractivity contribution is 6.00. The number of nitriles is 1. The van der Waals surface area contributed by atoms with E-state index < -0.39 is 41.3 Å². The Kier molecular flexibility index (Phi) is 9.32. The highest BCUT2D eigenvalue weighted by atomic mass is 19.4. The molecule has 0 radical (unpaired) electrons. The fourth-order valence-corrected chi connectivity index (χ4v) is 7.34. The molecule has 0 spiro atoms. The molecule has 8 nitrogen and oxygen atoms in total. The largest absolute Gasteiger partial charge is 0.496 e. The molecule has 4 aliphatic rings. The second-order valence-electron chi connectivity index (χ2n) is 13.0. The molecule has 4 fully saturated rings. The van der Waals surface area contributed by atoms with Crippen molar-refractivity contribution in [3.8, 4) is 11.8 Å². The van der Waals surface area contributed by atoms with Crippen LogP contribution in [0.3, 0.4) is 0 Å². The van der Waals surface area contributed by atoms with Crippen molar-refractivity contribution in [3.05, 3.63) is 76.6 Å². The number of anilines is 1. The number of rotatable bonds is 8. The Morgan fingerprint density at radius 2 is 1.73 bits per heavy atom. The van der Waals surface area contributed by atoms with Gasteiger partial charge in [0.15, 0.2) is 0 Å². The molecule has 6 rings (SSSR count). The van der Waals surface area contributed by atoms with Crippen LogP contribution >= 0.6 is 0 Å². The first-order valence-electron chi connectivity index (χ1n) is 16.2. The molecular weight excluding hydrogens is 628 g/mol. The van der Waals surface area contributed by atoms with Crippen LogP contribution in [0.25, 0.3) is 6.08 Å². The van der Waals surface area contributed by atoms with Crippen molar-refractivity contribution in [2.75, 3.05) is 25.5 Å². The second kappa shape index (κ2) is 13.5. The third kappa shape index (κ3) is 6.96. The second-order valence-corrected chi connectivity index (χ2v) is 13.0. The summed E-state index contributed by atoms with van der Waals surface area (Å²) in [6.07, 6.45) is 5.10. The number of nitrogens with one attached hydrogen (secondary N) is 2. The number of carbonyl (C=O) groups excluding carboxylic acids is 3. The van der Waals surface area contributed by atoms with Gasteiger partial charge in [-0.05, 0) is 92.3 Å². The Labute approximate surface area is 275 Å². The van der Waals surface area contributed by atoms with Gasteiger partial charge in [-0.1, -0.05) is 17.7 Å². The number of alkyl halides is 3. The number of halogens is 4. The molecule has 0 unspecified atom stereocenters. The summed E-state index contributed by atoms with van der Waals surface area (Å²) in [6.45, 7) is 0.996. The van der Waals surface area contributed by atoms with E-state index in [9.17, 15) is 31.9 Å². The summed E-state index contributed by atoms with van der Waals surface area (Å²) < 4.78 is 59.5. The third-order valence-corrected chi connectivity index (χ3v) is 9.96. The lowest BCUT2D eigenvalue weighted by atomic mass is 9.83. The maximum absolute atomic E-state index is 13.9. The molecular formula is C36H36F4N4O4. The third-order valence-electron chi connectivity index (χ3n) is 9.96. The maximum atomic E-state index is 13.9. The first-order chi connectivity index (χ1) is 23.0. The minimum absolute atomic E-state index is 0.0492. The van der Waals surface area contributed by atoms with Gasteiger partial charge in [0.25, 0.3) is 5.91 Å². The fraction of sp³-hybridized carbons (Fsp3) is 0.444. The molecule has 1 aliphatic heterocycles. The monoisotopic (exact) mass is 664 g/mol. The number of carbonyl (C=O) groups is 3. The number of ether oxygens (including phenoxy) is 1. The van der Waals surface area contributed by atoms with E-state index in [0.29, 0.717) is 61.7 Å². The van der Waals surface area contributed by atoms with Crippen LogP contribution in [-0.2, 0) is 15.8 Å². The molecule has 3 saturated carbocycles. The lowest BCUT2D eigenvalue weighted by molar-refractivity contribution is -0.140. The van der Waals surface area contributed by atoms with Gasteiger partial charge in [0.05, 0.1) is 30.2 Å². The molecule has 2 aromatic rings. The number of amides is 3. The van der Waals surface area contributed by atoms with Crippen LogP contribution in [0.2, 0.25) is 0 Å². The van der Waals surface area contributed by atoms with Crippen LogP contribution in [-0.4, -0.2) is 48.9 Å². The average molecular weight is 665 g/mol. The molecule has 48 heavy (non-hydrogen) atoms. The number of likely N-dealkylation sites (tertiary alicyclic amines) is 1. The Bertz CT molecular complexity index is 1700. The molecule has 2 bridgehead atoms. The number of nitrogens with zero attached hydrogens (tertiary/aromatic N) is 2. The summed E-state index contributed by atoms with van der Waals surface area (Å²) in [7, 11) is 1.43. The molecule has 3 amide bonds. The number of benzene rings is 2. The van der Waals surface area contributed by atoms with Crippen LogP contribution in [0.1, 0.15) is 60.0 Å². The van der Waals surface area contributed by atoms with E-state index in [2.05, 4.69) is 22.8 Å². The van der Waals surface area contributed by atoms with Gasteiger partial charge in [0.2, 0.25) is 11.8 Å². The van der Waals surface area contributed by atoms with Crippen molar-refractivity contribution in [2.24, 2.45) is 29.6 Å². The van der Waals surface area contributed by atoms with Crippen molar-refractivity contribution < 1.29 is 36.7 Å². The van der Waals surface area contributed by atoms with Gasteiger partial charge in [-0.3, -0.25) is 14.4 Å². The molecule has 1 saturated heterocycles. The van der Waals surface area contributed by atoms with Crippen LogP contribution < -0.4 is 15.4 Å². The molecule has 0 aromatic heterocycles. The van der Waals surface area contributed by atoms with Crippen LogP contribution in [0, 0.1) is 46.7 Å². The van der Waals surface area contributed by atoms with Crippen LogP contribution in [0.4, 0.5) is 23.2 Å². The fourth-order valence-electron chi connectivity index (χ4n) is 7.34. The van der Waals surface area contributed by atoms with E-state index in [1.807, 2.05) is 0 Å². The Hall–Kier alpha value is -4.66. The van der Waals surface area contributed by atoms with Crippen molar-refractivity contribution in [2.45, 2.75) is 50.7 Å².